The standard InChI is InChI=1S/C26H23NO3.C25H25NO7.C18H19NO.C10H11NO2.C9H11N.C8H8O.C7H9ClO5.C2H4O2.CO2/c1-18-8-10-20(11-9-18)25(28)23(19-6-4-3-5-7-19)17-27-15-14-21-16-22(26(29)30-2)12-13-24(21)27;1-25(2,24(30)32-4)33-23(29)21(27)19(16-8-6-5-7-9-16)15-26-13-12-17-14-18(22(28)31-3)10-11-20(17)26;1-14-9-11-16(12-10-14)18(20)17(13-19(2)3)15-7-5-4-6-8-15;1-13-10(12)8-2-3-9-7(6-8)4-5-11-9;1-7-2-3-9-8(6-7)4-5-10-9;9-7-6-8-4-2-1-3-5-8;1-7(2,6(11)12-3)13-5(10)4(8)9;1-2(3)4;2-1-3/h3-13,16-17H,14-15H2,1-2H3;5-11,14-15H,12-13H2,1-4H3;4-13H,1-3H3;2-3,6,11H,4-5H2,1H3;2-3,6,10H,4-5H2,1H3;1-5,7H,6H2;1-3H3;1H3,(H,3,4);/b23-17+;19-15+;17-13+;;;;;;. The average Bonchev–Trinajstić information content (AvgIpc) is 1.66. The van der Waals surface area contributed by atoms with Gasteiger partial charge >= 0.3 is 53.2 Å². The number of aryl methyl sites for hydroxylation is 3. The molecular weight excluding hydrogens is 1750 g/mol. The first-order chi connectivity index (χ1) is 64.4. The van der Waals surface area contributed by atoms with Crippen LogP contribution in [0.5, 0.6) is 0 Å². The average molecular weight is 1860 g/mol. The number of methoxy groups -OCH3 is 5. The molecule has 0 unspecified atom stereocenters. The Morgan fingerprint density at radius 1 is 0.422 bits per heavy atom. The van der Waals surface area contributed by atoms with Crippen LogP contribution in [0.4, 0.5) is 22.7 Å². The second kappa shape index (κ2) is 54.1. The normalized spacial score (nSPS) is 12.0. The highest BCUT2D eigenvalue weighted by molar-refractivity contribution is 6.80. The zero-order valence-electron chi connectivity index (χ0n) is 77.9. The zero-order chi connectivity index (χ0) is 99.5. The summed E-state index contributed by atoms with van der Waals surface area (Å²) >= 11 is 4.82. The van der Waals surface area contributed by atoms with Gasteiger partial charge in [-0.1, -0.05) is 199 Å². The number of hydrogen-bond acceptors (Lipinski definition) is 27. The number of ketones is 3. The molecule has 0 amide bonds. The summed E-state index contributed by atoms with van der Waals surface area (Å²) in [5, 5.41) is 12.7. The van der Waals surface area contributed by atoms with Gasteiger partial charge in [-0.2, -0.15) is 9.59 Å². The van der Waals surface area contributed by atoms with Crippen LogP contribution in [0.3, 0.4) is 0 Å². The number of rotatable bonds is 22. The Hall–Kier alpha value is -15.8. The SMILES string of the molecule is CC(=O)O.COC(=O)C(C)(C)OC(=O)C(=O)Cl.COC(=O)c1ccc2c(c1)CCN2.COC(=O)c1ccc2c(c1)CCN2/C=C(/C(=O)C(=O)OC(C)(C)C(=O)OC)c1ccccc1.COC(=O)c1ccc2c(c1)CCN2/C=C(/C(=O)c1ccc(C)cc1)c1ccccc1.Cc1ccc(C(=O)/C(=C/N(C)C)c2ccccc2)cc1.Cc1ccc2c(c1)CCN2.O=C=O.O=CCc1ccccc1. The number of carbonyl (C=O) groups is 13. The number of fused-ring (bicyclic) bond motifs is 4. The molecular formula is C106H110ClN5O23. The molecule has 0 radical (unpaired) electrons. The molecule has 0 saturated carbocycles. The maximum absolute atomic E-state index is 13.4. The molecule has 135 heavy (non-hydrogen) atoms. The van der Waals surface area contributed by atoms with Crippen LogP contribution in [0.25, 0.3) is 16.7 Å². The number of aliphatic carboxylic acids is 1. The lowest BCUT2D eigenvalue weighted by Gasteiger charge is -2.22. The van der Waals surface area contributed by atoms with Crippen molar-refractivity contribution < 1.29 is 110 Å². The number of carboxylic acid groups (broad SMARTS) is 1. The van der Waals surface area contributed by atoms with E-state index in [1.54, 1.807) is 66.9 Å². The van der Waals surface area contributed by atoms with Gasteiger partial charge in [0.2, 0.25) is 11.2 Å². The Labute approximate surface area is 789 Å². The predicted octanol–water partition coefficient (Wildman–Crippen LogP) is 16.4. The largest absolute Gasteiger partial charge is 0.481 e. The summed E-state index contributed by atoms with van der Waals surface area (Å²) in [7, 11) is 10.3. The topological polar surface area (TPSA) is 375 Å². The third-order valence-electron chi connectivity index (χ3n) is 20.2. The number of esters is 7. The monoisotopic (exact) mass is 1860 g/mol. The van der Waals surface area contributed by atoms with Crippen LogP contribution in [0.2, 0.25) is 0 Å². The van der Waals surface area contributed by atoms with Crippen molar-refractivity contribution in [3.63, 3.8) is 0 Å². The predicted molar refractivity (Wildman–Crippen MR) is 514 cm³/mol. The number of nitrogens with one attached hydrogen (secondary N) is 2. The van der Waals surface area contributed by atoms with Gasteiger partial charge in [0.15, 0.2) is 11.6 Å². The Kier molecular flexibility index (Phi) is 43.3. The quantitative estimate of drug-likeness (QED) is 0.0108. The summed E-state index contributed by atoms with van der Waals surface area (Å²) in [5.41, 5.74) is 17.3. The minimum atomic E-state index is -1.62. The Morgan fingerprint density at radius 2 is 0.756 bits per heavy atom. The van der Waals surface area contributed by atoms with Crippen LogP contribution < -0.4 is 20.4 Å². The van der Waals surface area contributed by atoms with E-state index in [1.807, 2.05) is 214 Å². The van der Waals surface area contributed by atoms with Crippen molar-refractivity contribution in [3.05, 3.63) is 350 Å². The number of anilines is 4. The van der Waals surface area contributed by atoms with Crippen LogP contribution in [0.15, 0.2) is 261 Å². The molecule has 4 aliphatic rings. The second-order valence-electron chi connectivity index (χ2n) is 31.4. The lowest BCUT2D eigenvalue weighted by atomic mass is 9.97. The molecule has 0 aliphatic carbocycles. The molecule has 29 heteroatoms. The van der Waals surface area contributed by atoms with Gasteiger partial charge in [0, 0.05) is 117 Å². The molecule has 4 heterocycles. The minimum Gasteiger partial charge on any atom is -0.481 e. The van der Waals surface area contributed by atoms with Crippen molar-refractivity contribution in [2.24, 2.45) is 0 Å². The second-order valence-corrected chi connectivity index (χ2v) is 31.7. The number of ether oxygens (including phenoxy) is 7. The van der Waals surface area contributed by atoms with Crippen molar-refractivity contribution in [3.8, 4) is 0 Å². The molecule has 28 nitrogen and oxygen atoms in total. The van der Waals surface area contributed by atoms with Crippen molar-refractivity contribution >= 4 is 134 Å². The third-order valence-corrected chi connectivity index (χ3v) is 20.4. The number of carbonyl (C=O) groups excluding carboxylic acids is 14. The number of nitrogens with zero attached hydrogens (tertiary/aromatic N) is 3. The van der Waals surface area contributed by atoms with Gasteiger partial charge in [-0.15, -0.1) is 0 Å². The van der Waals surface area contributed by atoms with Gasteiger partial charge in [0.25, 0.3) is 11.8 Å². The number of carboxylic acids is 1. The van der Waals surface area contributed by atoms with E-state index >= 15 is 0 Å². The van der Waals surface area contributed by atoms with Crippen molar-refractivity contribution in [1.82, 2.24) is 4.90 Å². The maximum atomic E-state index is 13.4. The van der Waals surface area contributed by atoms with Crippen LogP contribution in [0, 0.1) is 20.8 Å². The van der Waals surface area contributed by atoms with Crippen molar-refractivity contribution in [1.29, 1.82) is 0 Å². The number of aldehydes is 1. The Morgan fingerprint density at radius 3 is 1.14 bits per heavy atom. The summed E-state index contributed by atoms with van der Waals surface area (Å²) in [5.74, 6) is -6.71. The fourth-order valence-corrected chi connectivity index (χ4v) is 13.5. The van der Waals surface area contributed by atoms with Crippen molar-refractivity contribution in [2.45, 2.75) is 98.7 Å². The highest BCUT2D eigenvalue weighted by Crippen LogP contribution is 2.35. The molecule has 10 aromatic carbocycles. The summed E-state index contributed by atoms with van der Waals surface area (Å²) in [6.45, 7) is 15.9. The van der Waals surface area contributed by atoms with Gasteiger partial charge in [-0.05, 0) is 191 Å². The van der Waals surface area contributed by atoms with Gasteiger partial charge in [-0.3, -0.25) is 24.0 Å². The number of benzene rings is 10. The number of allylic oxidation sites excluding steroid dienone is 2. The first-order valence-electron chi connectivity index (χ1n) is 42.4. The third kappa shape index (κ3) is 33.8. The highest BCUT2D eigenvalue weighted by atomic mass is 35.5. The van der Waals surface area contributed by atoms with Gasteiger partial charge in [0.05, 0.1) is 57.8 Å². The molecule has 0 bridgehead atoms. The molecule has 3 N–H and O–H groups in total. The number of hydrogen-bond donors (Lipinski definition) is 3. The molecule has 0 aromatic heterocycles. The minimum absolute atomic E-state index is 0.0131. The molecule has 704 valence electrons. The zero-order valence-corrected chi connectivity index (χ0v) is 78.7. The molecule has 0 fully saturated rings. The van der Waals surface area contributed by atoms with Crippen LogP contribution >= 0.6 is 11.6 Å². The highest BCUT2D eigenvalue weighted by Gasteiger charge is 2.38. The van der Waals surface area contributed by atoms with E-state index in [4.69, 9.17) is 45.3 Å². The Balaban J connectivity index is 0.000000250. The smallest absolute Gasteiger partial charge is 0.392 e. The lowest BCUT2D eigenvalue weighted by molar-refractivity contribution is -0.192. The van der Waals surface area contributed by atoms with Gasteiger partial charge in [-0.25, -0.2) is 33.6 Å². The number of halogens is 1. The molecule has 0 atom stereocenters. The van der Waals surface area contributed by atoms with E-state index < -0.39 is 58.0 Å². The van der Waals surface area contributed by atoms with Crippen molar-refractivity contribution in [2.75, 3.05) is 96.3 Å². The molecule has 10 aromatic rings. The van der Waals surface area contributed by atoms with Gasteiger partial charge in [0.1, 0.15) is 6.29 Å². The first-order valence-corrected chi connectivity index (χ1v) is 42.7. The van der Waals surface area contributed by atoms with E-state index in [-0.39, 0.29) is 35.2 Å². The van der Waals surface area contributed by atoms with E-state index in [9.17, 15) is 57.5 Å². The first kappa shape index (κ1) is 108. The van der Waals surface area contributed by atoms with Gasteiger partial charge < -0.3 is 68.4 Å². The number of Topliss-reactive ketones (excluding diaryl/α,β-unsaturated/α-hetero) is 3. The molecule has 14 rings (SSSR count). The van der Waals surface area contributed by atoms with Crippen LogP contribution in [-0.2, 0) is 113 Å². The van der Waals surface area contributed by atoms with E-state index in [2.05, 4.69) is 59.6 Å². The summed E-state index contributed by atoms with van der Waals surface area (Å²) in [6, 6.07) is 76.1. The summed E-state index contributed by atoms with van der Waals surface area (Å²) in [6.07, 6.45) is 10.7. The maximum Gasteiger partial charge on any atom is 0.392 e. The van der Waals surface area contributed by atoms with Crippen LogP contribution in [-0.4, -0.2) is 180 Å². The molecule has 0 saturated heterocycles. The van der Waals surface area contributed by atoms with Crippen LogP contribution in [0.1, 0.15) is 148 Å². The summed E-state index contributed by atoms with van der Waals surface area (Å²) in [4.78, 5) is 172. The molecule has 0 spiro atoms. The fourth-order valence-electron chi connectivity index (χ4n) is 13.5. The van der Waals surface area contributed by atoms with E-state index in [0.29, 0.717) is 63.9 Å². The Bertz CT molecular complexity index is 5930. The van der Waals surface area contributed by atoms with E-state index in [0.717, 1.165) is 109 Å². The lowest BCUT2D eigenvalue weighted by Crippen LogP contribution is -2.40. The fraction of sp³-hybridized carbons (Fsp3) is 0.245. The van der Waals surface area contributed by atoms with E-state index in [1.165, 1.54) is 84.9 Å². The summed E-state index contributed by atoms with van der Waals surface area (Å²) < 4.78 is 32.8. The molecule has 4 aliphatic heterocycles.